The second kappa shape index (κ2) is 5.16. The number of nitrogens with one attached hydrogen (secondary N) is 1. The van der Waals surface area contributed by atoms with Crippen LogP contribution in [0.25, 0.3) is 0 Å². The number of halogens is 1. The summed E-state index contributed by atoms with van der Waals surface area (Å²) in [5.41, 5.74) is 0.948. The van der Waals surface area contributed by atoms with E-state index in [0.29, 0.717) is 11.3 Å². The Balaban J connectivity index is 3.07. The third-order valence-electron chi connectivity index (χ3n) is 2.25. The topological polar surface area (TPSA) is 49.3 Å². The van der Waals surface area contributed by atoms with Crippen molar-refractivity contribution in [1.82, 2.24) is 0 Å². The molecule has 1 unspecified atom stereocenters. The molecule has 4 heteroatoms. The fraction of sp³-hybridized carbons (Fsp3) is 0.364. The molecular formula is C11H14BrNO2. The van der Waals surface area contributed by atoms with Crippen molar-refractivity contribution in [1.29, 1.82) is 0 Å². The largest absolute Gasteiger partial charge is 0.478 e. The number of anilines is 1. The summed E-state index contributed by atoms with van der Waals surface area (Å²) in [6.45, 7) is 4.07. The molecule has 1 aromatic carbocycles. The van der Waals surface area contributed by atoms with Gasteiger partial charge in [-0.3, -0.25) is 0 Å². The number of carboxylic acid groups (broad SMARTS) is 1. The summed E-state index contributed by atoms with van der Waals surface area (Å²) in [5, 5.41) is 12.2. The summed E-state index contributed by atoms with van der Waals surface area (Å²) < 4.78 is 0.780. The van der Waals surface area contributed by atoms with Gasteiger partial charge in [0.2, 0.25) is 0 Å². The minimum absolute atomic E-state index is 0.252. The Kier molecular flexibility index (Phi) is 4.15. The van der Waals surface area contributed by atoms with Crippen LogP contribution < -0.4 is 5.32 Å². The van der Waals surface area contributed by atoms with Crippen LogP contribution in [0.1, 0.15) is 30.6 Å². The van der Waals surface area contributed by atoms with Crippen molar-refractivity contribution >= 4 is 27.6 Å². The predicted octanol–water partition coefficient (Wildman–Crippen LogP) is 3.36. The maximum atomic E-state index is 11.0. The van der Waals surface area contributed by atoms with Crippen molar-refractivity contribution in [2.75, 3.05) is 5.32 Å². The average Bonchev–Trinajstić information content (AvgIpc) is 2.20. The van der Waals surface area contributed by atoms with E-state index in [0.717, 1.165) is 10.9 Å². The van der Waals surface area contributed by atoms with Crippen molar-refractivity contribution in [3.05, 3.63) is 28.2 Å². The Bertz CT molecular complexity index is 366. The van der Waals surface area contributed by atoms with Gasteiger partial charge in [0.05, 0.1) is 11.3 Å². The second-order valence-corrected chi connectivity index (χ2v) is 4.28. The van der Waals surface area contributed by atoms with Crippen LogP contribution in [-0.4, -0.2) is 17.1 Å². The van der Waals surface area contributed by atoms with Gasteiger partial charge in [0.1, 0.15) is 0 Å². The lowest BCUT2D eigenvalue weighted by atomic mass is 10.1. The summed E-state index contributed by atoms with van der Waals surface area (Å²) in [4.78, 5) is 11.0. The normalized spacial score (nSPS) is 12.2. The van der Waals surface area contributed by atoms with E-state index in [4.69, 9.17) is 5.11 Å². The fourth-order valence-corrected chi connectivity index (χ4v) is 1.68. The summed E-state index contributed by atoms with van der Waals surface area (Å²) in [6.07, 6.45) is 0.945. The maximum absolute atomic E-state index is 11.0. The lowest BCUT2D eigenvalue weighted by Gasteiger charge is -2.16. The second-order valence-electron chi connectivity index (χ2n) is 3.42. The maximum Gasteiger partial charge on any atom is 0.337 e. The number of benzene rings is 1. The third-order valence-corrected chi connectivity index (χ3v) is 2.91. The van der Waals surface area contributed by atoms with E-state index in [1.54, 1.807) is 12.1 Å². The standard InChI is InChI=1S/C11H14BrNO2/c1-3-7(2)13-10-8(11(14)15)5-4-6-9(10)12/h4-7,13H,3H2,1-2H3,(H,14,15). The fourth-order valence-electron chi connectivity index (χ4n) is 1.20. The Morgan fingerprint density at radius 3 is 2.80 bits per heavy atom. The first kappa shape index (κ1) is 12.0. The van der Waals surface area contributed by atoms with Crippen LogP contribution >= 0.6 is 15.9 Å². The number of para-hydroxylation sites is 1. The van der Waals surface area contributed by atoms with Crippen molar-refractivity contribution in [3.63, 3.8) is 0 Å². The van der Waals surface area contributed by atoms with Gasteiger partial charge in [-0.2, -0.15) is 0 Å². The minimum Gasteiger partial charge on any atom is -0.478 e. The molecule has 0 aliphatic rings. The summed E-state index contributed by atoms with van der Waals surface area (Å²) in [7, 11) is 0. The molecule has 0 spiro atoms. The highest BCUT2D eigenvalue weighted by molar-refractivity contribution is 9.10. The van der Waals surface area contributed by atoms with Gasteiger partial charge in [0.15, 0.2) is 0 Å². The highest BCUT2D eigenvalue weighted by Crippen LogP contribution is 2.27. The number of hydrogen-bond donors (Lipinski definition) is 2. The van der Waals surface area contributed by atoms with E-state index in [1.807, 2.05) is 13.0 Å². The molecule has 0 bridgehead atoms. The van der Waals surface area contributed by atoms with Gasteiger partial charge < -0.3 is 10.4 Å². The summed E-state index contributed by atoms with van der Waals surface area (Å²) in [6, 6.07) is 5.39. The van der Waals surface area contributed by atoms with Crippen LogP contribution in [0.15, 0.2) is 22.7 Å². The molecule has 82 valence electrons. The van der Waals surface area contributed by atoms with E-state index >= 15 is 0 Å². The Morgan fingerprint density at radius 2 is 2.27 bits per heavy atom. The first-order chi connectivity index (χ1) is 7.06. The van der Waals surface area contributed by atoms with Gasteiger partial charge in [-0.15, -0.1) is 0 Å². The molecule has 0 heterocycles. The van der Waals surface area contributed by atoms with Crippen molar-refractivity contribution in [3.8, 4) is 0 Å². The molecule has 0 saturated heterocycles. The first-order valence-electron chi connectivity index (χ1n) is 4.84. The van der Waals surface area contributed by atoms with Crippen molar-refractivity contribution in [2.24, 2.45) is 0 Å². The van der Waals surface area contributed by atoms with E-state index in [2.05, 4.69) is 28.2 Å². The van der Waals surface area contributed by atoms with Gasteiger partial charge >= 0.3 is 5.97 Å². The van der Waals surface area contributed by atoms with E-state index in [-0.39, 0.29) is 6.04 Å². The van der Waals surface area contributed by atoms with Gasteiger partial charge in [0.25, 0.3) is 0 Å². The molecule has 1 aromatic rings. The first-order valence-corrected chi connectivity index (χ1v) is 5.64. The van der Waals surface area contributed by atoms with Crippen LogP contribution in [-0.2, 0) is 0 Å². The number of aromatic carboxylic acids is 1. The van der Waals surface area contributed by atoms with Crippen molar-refractivity contribution in [2.45, 2.75) is 26.3 Å². The molecule has 15 heavy (non-hydrogen) atoms. The molecule has 0 fully saturated rings. The quantitative estimate of drug-likeness (QED) is 0.883. The molecule has 1 rings (SSSR count). The Hall–Kier alpha value is -1.03. The van der Waals surface area contributed by atoms with Gasteiger partial charge in [-0.25, -0.2) is 4.79 Å². The monoisotopic (exact) mass is 271 g/mol. The molecule has 0 aromatic heterocycles. The molecule has 1 atom stereocenters. The summed E-state index contributed by atoms with van der Waals surface area (Å²) in [5.74, 6) is -0.915. The Morgan fingerprint density at radius 1 is 1.60 bits per heavy atom. The predicted molar refractivity (Wildman–Crippen MR) is 64.5 cm³/mol. The van der Waals surface area contributed by atoms with Crippen molar-refractivity contribution < 1.29 is 9.90 Å². The molecule has 3 nitrogen and oxygen atoms in total. The number of hydrogen-bond acceptors (Lipinski definition) is 2. The molecule has 2 N–H and O–H groups in total. The molecular weight excluding hydrogens is 258 g/mol. The molecule has 0 aliphatic heterocycles. The van der Waals surface area contributed by atoms with Crippen LogP contribution in [0.3, 0.4) is 0 Å². The molecule has 0 saturated carbocycles. The molecule has 0 aliphatic carbocycles. The Labute approximate surface area is 97.6 Å². The smallest absolute Gasteiger partial charge is 0.337 e. The van der Waals surface area contributed by atoms with E-state index < -0.39 is 5.97 Å². The number of rotatable bonds is 4. The van der Waals surface area contributed by atoms with Crippen LogP contribution in [0.4, 0.5) is 5.69 Å². The van der Waals surface area contributed by atoms with Crippen LogP contribution in [0, 0.1) is 0 Å². The lowest BCUT2D eigenvalue weighted by Crippen LogP contribution is -2.16. The molecule has 0 radical (unpaired) electrons. The highest BCUT2D eigenvalue weighted by atomic mass is 79.9. The zero-order valence-corrected chi connectivity index (χ0v) is 10.3. The lowest BCUT2D eigenvalue weighted by molar-refractivity contribution is 0.0698. The van der Waals surface area contributed by atoms with E-state index in [1.165, 1.54) is 0 Å². The minimum atomic E-state index is -0.915. The van der Waals surface area contributed by atoms with Gasteiger partial charge in [0, 0.05) is 10.5 Å². The zero-order valence-electron chi connectivity index (χ0n) is 8.75. The molecule has 0 amide bonds. The number of carbonyl (C=O) groups is 1. The van der Waals surface area contributed by atoms with Gasteiger partial charge in [-0.05, 0) is 41.4 Å². The summed E-state index contributed by atoms with van der Waals surface area (Å²) >= 11 is 3.35. The van der Waals surface area contributed by atoms with Crippen LogP contribution in [0.5, 0.6) is 0 Å². The SMILES string of the molecule is CCC(C)Nc1c(Br)cccc1C(=O)O. The average molecular weight is 272 g/mol. The number of carboxylic acids is 1. The highest BCUT2D eigenvalue weighted by Gasteiger charge is 2.13. The zero-order chi connectivity index (χ0) is 11.4. The third kappa shape index (κ3) is 2.96. The van der Waals surface area contributed by atoms with E-state index in [9.17, 15) is 4.79 Å². The van der Waals surface area contributed by atoms with Crippen LogP contribution in [0.2, 0.25) is 0 Å². The van der Waals surface area contributed by atoms with Gasteiger partial charge in [-0.1, -0.05) is 13.0 Å².